The van der Waals surface area contributed by atoms with Crippen molar-refractivity contribution in [3.8, 4) is 0 Å². The fraction of sp³-hybridized carbons (Fsp3) is 0.267. The molecule has 1 aromatic carbocycles. The first-order valence-electron chi connectivity index (χ1n) is 6.44. The zero-order valence-electron chi connectivity index (χ0n) is 12.0. The lowest BCUT2D eigenvalue weighted by Gasteiger charge is -2.05. The van der Waals surface area contributed by atoms with Gasteiger partial charge in [0.05, 0.1) is 22.2 Å². The Morgan fingerprint density at radius 3 is 2.55 bits per heavy atom. The number of nitrogens with zero attached hydrogens (tertiary/aromatic N) is 1. The van der Waals surface area contributed by atoms with Gasteiger partial charge in [0.1, 0.15) is 5.76 Å². The number of rotatable bonds is 5. The third kappa shape index (κ3) is 3.87. The van der Waals surface area contributed by atoms with Gasteiger partial charge in [-0.3, -0.25) is 9.59 Å². The molecule has 0 spiro atoms. The van der Waals surface area contributed by atoms with E-state index in [0.717, 1.165) is 0 Å². The van der Waals surface area contributed by atoms with E-state index in [-0.39, 0.29) is 23.8 Å². The molecule has 22 heavy (non-hydrogen) atoms. The quantitative estimate of drug-likeness (QED) is 0.614. The smallest absolute Gasteiger partial charge is 0.310 e. The van der Waals surface area contributed by atoms with E-state index in [4.69, 9.17) is 32.5 Å². The maximum absolute atomic E-state index is 11.9. The van der Waals surface area contributed by atoms with Crippen molar-refractivity contribution in [2.45, 2.75) is 20.3 Å². The van der Waals surface area contributed by atoms with Gasteiger partial charge < -0.3 is 9.26 Å². The molecular weight excluding hydrogens is 329 g/mol. The van der Waals surface area contributed by atoms with Crippen LogP contribution < -0.4 is 0 Å². The minimum atomic E-state index is -0.525. The Balaban J connectivity index is 1.93. The van der Waals surface area contributed by atoms with Crippen LogP contribution in [0.2, 0.25) is 10.0 Å². The van der Waals surface area contributed by atoms with E-state index in [1.54, 1.807) is 13.8 Å². The molecule has 0 bridgehead atoms. The van der Waals surface area contributed by atoms with Gasteiger partial charge in [-0.05, 0) is 32.0 Å². The molecule has 7 heteroatoms. The number of carbonyl (C=O) groups excluding carboxylic acids is 2. The monoisotopic (exact) mass is 341 g/mol. The van der Waals surface area contributed by atoms with Gasteiger partial charge in [0.25, 0.3) is 0 Å². The largest absolute Gasteiger partial charge is 0.457 e. The summed E-state index contributed by atoms with van der Waals surface area (Å²) < 4.78 is 9.94. The predicted octanol–water partition coefficient (Wildman–Crippen LogP) is 3.57. The van der Waals surface area contributed by atoms with Gasteiger partial charge >= 0.3 is 5.97 Å². The van der Waals surface area contributed by atoms with Crippen molar-refractivity contribution in [3.63, 3.8) is 0 Å². The second-order valence-corrected chi connectivity index (χ2v) is 5.51. The van der Waals surface area contributed by atoms with Gasteiger partial charge in [-0.25, -0.2) is 0 Å². The van der Waals surface area contributed by atoms with Crippen LogP contribution in [0.15, 0.2) is 22.7 Å². The minimum Gasteiger partial charge on any atom is -0.457 e. The van der Waals surface area contributed by atoms with E-state index in [1.165, 1.54) is 18.2 Å². The molecule has 0 saturated carbocycles. The average molecular weight is 342 g/mol. The summed E-state index contributed by atoms with van der Waals surface area (Å²) in [6.45, 7) is 3.09. The van der Waals surface area contributed by atoms with Crippen LogP contribution in [0.3, 0.4) is 0 Å². The Bertz CT molecular complexity index is 705. The first kappa shape index (κ1) is 16.5. The molecular formula is C15H13Cl2NO4. The van der Waals surface area contributed by atoms with E-state index in [0.29, 0.717) is 27.6 Å². The number of halogens is 2. The summed E-state index contributed by atoms with van der Waals surface area (Å²) >= 11 is 11.6. The Morgan fingerprint density at radius 2 is 1.95 bits per heavy atom. The number of hydrogen-bond donors (Lipinski definition) is 0. The van der Waals surface area contributed by atoms with Crippen LogP contribution in [0.1, 0.15) is 27.4 Å². The maximum atomic E-state index is 11.9. The molecule has 0 unspecified atom stereocenters. The number of aryl methyl sites for hydroxylation is 2. The number of carbonyl (C=O) groups is 2. The standard InChI is InChI=1S/C15H13Cl2NO4/c1-8-11(9(2)22-18-8)6-15(20)21-7-14(19)10-3-4-12(16)13(17)5-10/h3-5H,6-7H2,1-2H3. The third-order valence-corrected chi connectivity index (χ3v) is 3.85. The summed E-state index contributed by atoms with van der Waals surface area (Å²) in [6, 6.07) is 4.48. The fourth-order valence-corrected chi connectivity index (χ4v) is 2.15. The highest BCUT2D eigenvalue weighted by Crippen LogP contribution is 2.22. The van der Waals surface area contributed by atoms with Gasteiger partial charge in [0.15, 0.2) is 12.4 Å². The zero-order valence-corrected chi connectivity index (χ0v) is 13.5. The lowest BCUT2D eigenvalue weighted by molar-refractivity contribution is -0.141. The Hall–Kier alpha value is -1.85. The lowest BCUT2D eigenvalue weighted by atomic mass is 10.1. The molecule has 0 fully saturated rings. The number of benzene rings is 1. The van der Waals surface area contributed by atoms with Crippen molar-refractivity contribution in [3.05, 3.63) is 50.8 Å². The van der Waals surface area contributed by atoms with Crippen molar-refractivity contribution in [1.82, 2.24) is 5.16 Å². The summed E-state index contributed by atoms with van der Waals surface area (Å²) in [6.07, 6.45) is 0.00974. The second kappa shape index (κ2) is 6.94. The SMILES string of the molecule is Cc1noc(C)c1CC(=O)OCC(=O)c1ccc(Cl)c(Cl)c1. The van der Waals surface area contributed by atoms with E-state index < -0.39 is 5.97 Å². The summed E-state index contributed by atoms with van der Waals surface area (Å²) in [5, 5.41) is 4.38. The van der Waals surface area contributed by atoms with E-state index in [9.17, 15) is 9.59 Å². The van der Waals surface area contributed by atoms with Crippen LogP contribution in [-0.4, -0.2) is 23.5 Å². The molecule has 1 aromatic heterocycles. The molecule has 0 aliphatic heterocycles. The third-order valence-electron chi connectivity index (χ3n) is 3.11. The summed E-state index contributed by atoms with van der Waals surface area (Å²) in [7, 11) is 0. The van der Waals surface area contributed by atoms with Crippen LogP contribution in [0.5, 0.6) is 0 Å². The summed E-state index contributed by atoms with van der Waals surface area (Å²) in [5.41, 5.74) is 1.64. The van der Waals surface area contributed by atoms with Crippen LogP contribution in [0, 0.1) is 13.8 Å². The summed E-state index contributed by atoms with van der Waals surface area (Å²) in [5.74, 6) is -0.321. The first-order chi connectivity index (χ1) is 10.4. The van der Waals surface area contributed by atoms with Gasteiger partial charge in [-0.15, -0.1) is 0 Å². The highest BCUT2D eigenvalue weighted by Gasteiger charge is 2.16. The summed E-state index contributed by atoms with van der Waals surface area (Å²) in [4.78, 5) is 23.7. The van der Waals surface area contributed by atoms with Crippen molar-refractivity contribution >= 4 is 35.0 Å². The molecule has 2 aromatic rings. The highest BCUT2D eigenvalue weighted by molar-refractivity contribution is 6.42. The lowest BCUT2D eigenvalue weighted by Crippen LogP contribution is -2.16. The Morgan fingerprint density at radius 1 is 1.23 bits per heavy atom. The zero-order chi connectivity index (χ0) is 16.3. The highest BCUT2D eigenvalue weighted by atomic mass is 35.5. The predicted molar refractivity (Wildman–Crippen MR) is 81.4 cm³/mol. The Labute approximate surface area is 137 Å². The molecule has 0 aliphatic carbocycles. The molecule has 0 atom stereocenters. The Kier molecular flexibility index (Phi) is 5.21. The molecule has 0 radical (unpaired) electrons. The van der Waals surface area contributed by atoms with E-state index in [1.807, 2.05) is 0 Å². The van der Waals surface area contributed by atoms with Crippen molar-refractivity contribution in [2.24, 2.45) is 0 Å². The average Bonchev–Trinajstić information content (AvgIpc) is 2.79. The van der Waals surface area contributed by atoms with E-state index >= 15 is 0 Å². The molecule has 0 N–H and O–H groups in total. The first-order valence-corrected chi connectivity index (χ1v) is 7.19. The number of aromatic nitrogens is 1. The van der Waals surface area contributed by atoms with Crippen LogP contribution in [0.25, 0.3) is 0 Å². The van der Waals surface area contributed by atoms with Gasteiger partial charge in [0, 0.05) is 11.1 Å². The van der Waals surface area contributed by atoms with E-state index in [2.05, 4.69) is 5.16 Å². The van der Waals surface area contributed by atoms with Gasteiger partial charge in [0.2, 0.25) is 0 Å². The van der Waals surface area contributed by atoms with Crippen molar-refractivity contribution in [2.75, 3.05) is 6.61 Å². The minimum absolute atomic E-state index is 0.00974. The number of esters is 1. The maximum Gasteiger partial charge on any atom is 0.310 e. The molecule has 2 rings (SSSR count). The number of ketones is 1. The molecule has 116 valence electrons. The van der Waals surface area contributed by atoms with Gasteiger partial charge in [-0.2, -0.15) is 0 Å². The molecule has 0 aliphatic rings. The fourth-order valence-electron chi connectivity index (χ4n) is 1.85. The normalized spacial score (nSPS) is 10.5. The van der Waals surface area contributed by atoms with Crippen LogP contribution >= 0.6 is 23.2 Å². The van der Waals surface area contributed by atoms with Gasteiger partial charge in [-0.1, -0.05) is 28.4 Å². The molecule has 5 nitrogen and oxygen atoms in total. The second-order valence-electron chi connectivity index (χ2n) is 4.69. The molecule has 0 saturated heterocycles. The van der Waals surface area contributed by atoms with Crippen LogP contribution in [0.4, 0.5) is 0 Å². The number of hydrogen-bond acceptors (Lipinski definition) is 5. The van der Waals surface area contributed by atoms with Crippen LogP contribution in [-0.2, 0) is 16.0 Å². The molecule has 1 heterocycles. The number of ether oxygens (including phenoxy) is 1. The van der Waals surface area contributed by atoms with Crippen molar-refractivity contribution in [1.29, 1.82) is 0 Å². The number of Topliss-reactive ketones (excluding diaryl/α,β-unsaturated/α-hetero) is 1. The molecule has 0 amide bonds. The topological polar surface area (TPSA) is 69.4 Å². The van der Waals surface area contributed by atoms with Crippen molar-refractivity contribution < 1.29 is 18.8 Å².